The number of aliphatic hydroxyl groups is 1. The Labute approximate surface area is 280 Å². The minimum Gasteiger partial charge on any atom is -0.463 e. The van der Waals surface area contributed by atoms with E-state index in [9.17, 15) is 24.3 Å². The fraction of sp³-hybridized carbons (Fsp3) is 0.600. The lowest BCUT2D eigenvalue weighted by Gasteiger charge is -2.41. The van der Waals surface area contributed by atoms with Gasteiger partial charge in [-0.2, -0.15) is 0 Å². The zero-order valence-corrected chi connectivity index (χ0v) is 28.7. The lowest BCUT2D eigenvalue weighted by atomic mass is 9.70. The molecule has 3 aliphatic rings. The number of amides is 3. The first kappa shape index (κ1) is 35.8. The summed E-state index contributed by atoms with van der Waals surface area (Å²) >= 11 is 3.73. The van der Waals surface area contributed by atoms with Gasteiger partial charge >= 0.3 is 5.97 Å². The van der Waals surface area contributed by atoms with E-state index in [2.05, 4.69) is 41.3 Å². The zero-order valence-electron chi connectivity index (χ0n) is 27.1. The Morgan fingerprint density at radius 1 is 1.24 bits per heavy atom. The van der Waals surface area contributed by atoms with Gasteiger partial charge in [-0.15, -0.1) is 13.2 Å². The Kier molecular flexibility index (Phi) is 12.2. The van der Waals surface area contributed by atoms with Crippen LogP contribution in [0.4, 0.5) is 0 Å². The molecule has 2 N–H and O–H groups in total. The molecular weight excluding hydrogens is 654 g/mol. The second-order valence-electron chi connectivity index (χ2n) is 12.6. The van der Waals surface area contributed by atoms with Gasteiger partial charge < -0.3 is 29.7 Å². The van der Waals surface area contributed by atoms with Crippen molar-refractivity contribution in [3.05, 3.63) is 61.2 Å². The number of fused-ring (bicyclic) bond motifs is 1. The molecule has 1 aromatic carbocycles. The van der Waals surface area contributed by atoms with Crippen LogP contribution >= 0.6 is 15.9 Å². The van der Waals surface area contributed by atoms with Crippen molar-refractivity contribution in [1.29, 1.82) is 0 Å². The highest BCUT2D eigenvalue weighted by molar-refractivity contribution is 9.09. The number of nitrogens with one attached hydrogen (secondary N) is 1. The maximum absolute atomic E-state index is 14.6. The monoisotopic (exact) mass is 701 g/mol. The van der Waals surface area contributed by atoms with Crippen LogP contribution < -0.4 is 5.32 Å². The largest absolute Gasteiger partial charge is 0.463 e. The fourth-order valence-corrected chi connectivity index (χ4v) is 8.40. The van der Waals surface area contributed by atoms with E-state index in [0.29, 0.717) is 25.8 Å². The van der Waals surface area contributed by atoms with Crippen LogP contribution in [0.1, 0.15) is 70.9 Å². The number of allylic oxidation sites excluding steroid dienone is 1. The van der Waals surface area contributed by atoms with E-state index in [1.54, 1.807) is 17.1 Å². The SMILES string of the molecule is C=CCCC(=O)OC[C@H](NC(=O)[C@H]1[C@@H]2O[C@@]3(CC2Br)[C@@H]1C(=O)N([C@@H](CC)CO)[C@@H]3C(=O)N(CC=C)C(C)CCC)c1ccccc1. The van der Waals surface area contributed by atoms with Crippen molar-refractivity contribution in [2.24, 2.45) is 11.8 Å². The fourth-order valence-electron chi connectivity index (χ4n) is 7.45. The third-order valence-corrected chi connectivity index (χ3v) is 10.5. The number of alkyl halides is 1. The van der Waals surface area contributed by atoms with Crippen molar-refractivity contribution < 1.29 is 33.8 Å². The predicted molar refractivity (Wildman–Crippen MR) is 178 cm³/mol. The summed E-state index contributed by atoms with van der Waals surface area (Å²) in [6, 6.07) is 6.77. The summed E-state index contributed by atoms with van der Waals surface area (Å²) in [5, 5.41) is 13.4. The van der Waals surface area contributed by atoms with Gasteiger partial charge in [-0.1, -0.05) is 78.7 Å². The number of rotatable bonds is 17. The normalized spacial score (nSPS) is 28.2. The predicted octanol–water partition coefficient (Wildman–Crippen LogP) is 4.08. The Bertz CT molecular complexity index is 1270. The Morgan fingerprint density at radius 2 is 1.96 bits per heavy atom. The van der Waals surface area contributed by atoms with E-state index in [4.69, 9.17) is 9.47 Å². The summed E-state index contributed by atoms with van der Waals surface area (Å²) < 4.78 is 12.2. The number of halogens is 1. The third-order valence-electron chi connectivity index (χ3n) is 9.67. The van der Waals surface area contributed by atoms with Crippen LogP contribution in [0.3, 0.4) is 0 Å². The van der Waals surface area contributed by atoms with Gasteiger partial charge in [0.25, 0.3) is 0 Å². The van der Waals surface area contributed by atoms with Crippen molar-refractivity contribution in [3.8, 4) is 0 Å². The topological polar surface area (TPSA) is 125 Å². The van der Waals surface area contributed by atoms with E-state index in [-0.39, 0.29) is 42.3 Å². The van der Waals surface area contributed by atoms with Gasteiger partial charge in [0.1, 0.15) is 18.2 Å². The maximum atomic E-state index is 14.6. The van der Waals surface area contributed by atoms with Crippen molar-refractivity contribution in [2.75, 3.05) is 19.8 Å². The molecule has 0 aromatic heterocycles. The smallest absolute Gasteiger partial charge is 0.306 e. The molecule has 11 heteroatoms. The number of aliphatic hydroxyl groups excluding tert-OH is 1. The average Bonchev–Trinajstić information content (AvgIpc) is 3.65. The van der Waals surface area contributed by atoms with Crippen molar-refractivity contribution in [3.63, 3.8) is 0 Å². The van der Waals surface area contributed by atoms with E-state index in [1.807, 2.05) is 44.2 Å². The number of ether oxygens (including phenoxy) is 2. The summed E-state index contributed by atoms with van der Waals surface area (Å²) in [6.45, 7) is 13.3. The number of carbonyl (C=O) groups excluding carboxylic acids is 4. The lowest BCUT2D eigenvalue weighted by Crippen LogP contribution is -2.60. The van der Waals surface area contributed by atoms with Crippen LogP contribution in [-0.2, 0) is 28.7 Å². The minimum atomic E-state index is -1.26. The van der Waals surface area contributed by atoms with Gasteiger partial charge in [-0.05, 0) is 38.2 Å². The molecule has 3 fully saturated rings. The summed E-state index contributed by atoms with van der Waals surface area (Å²) in [6.07, 6.45) is 5.73. The van der Waals surface area contributed by atoms with Gasteiger partial charge in [0, 0.05) is 23.8 Å². The molecule has 1 aromatic rings. The quantitative estimate of drug-likeness (QED) is 0.143. The highest BCUT2D eigenvalue weighted by Gasteiger charge is 2.77. The number of likely N-dealkylation sites (tertiary alicyclic amines) is 1. The molecule has 252 valence electrons. The number of carbonyl (C=O) groups is 4. The van der Waals surface area contributed by atoms with Gasteiger partial charge in [0.15, 0.2) is 0 Å². The van der Waals surface area contributed by atoms with E-state index >= 15 is 0 Å². The van der Waals surface area contributed by atoms with Crippen LogP contribution in [-0.4, -0.2) is 93.0 Å². The highest BCUT2D eigenvalue weighted by Crippen LogP contribution is 2.60. The van der Waals surface area contributed by atoms with Gasteiger partial charge in [0.2, 0.25) is 17.7 Å². The van der Waals surface area contributed by atoms with E-state index < -0.39 is 53.5 Å². The Morgan fingerprint density at radius 3 is 2.57 bits per heavy atom. The van der Waals surface area contributed by atoms with E-state index in [0.717, 1.165) is 18.4 Å². The molecule has 0 saturated carbocycles. The maximum Gasteiger partial charge on any atom is 0.306 e. The van der Waals surface area contributed by atoms with Crippen LogP contribution in [0, 0.1) is 11.8 Å². The molecule has 9 atom stereocenters. The van der Waals surface area contributed by atoms with Gasteiger partial charge in [0.05, 0.1) is 36.6 Å². The number of nitrogens with zero attached hydrogens (tertiary/aromatic N) is 2. The van der Waals surface area contributed by atoms with Gasteiger partial charge in [-0.25, -0.2) is 0 Å². The lowest BCUT2D eigenvalue weighted by molar-refractivity contribution is -0.152. The Hall–Kier alpha value is -3.02. The van der Waals surface area contributed by atoms with Crippen molar-refractivity contribution in [1.82, 2.24) is 15.1 Å². The number of benzene rings is 1. The molecule has 10 nitrogen and oxygen atoms in total. The summed E-state index contributed by atoms with van der Waals surface area (Å²) in [5.41, 5.74) is -0.521. The van der Waals surface area contributed by atoms with Crippen molar-refractivity contribution >= 4 is 39.6 Å². The van der Waals surface area contributed by atoms with E-state index in [1.165, 1.54) is 4.90 Å². The van der Waals surface area contributed by atoms with Crippen molar-refractivity contribution in [2.45, 2.75) is 100.0 Å². The molecule has 1 spiro atoms. The molecular formula is C35H48BrN3O7. The molecule has 46 heavy (non-hydrogen) atoms. The van der Waals surface area contributed by atoms with Gasteiger partial charge in [-0.3, -0.25) is 19.2 Å². The van der Waals surface area contributed by atoms with Crippen LogP contribution in [0.25, 0.3) is 0 Å². The second kappa shape index (κ2) is 15.7. The molecule has 3 saturated heterocycles. The van der Waals surface area contributed by atoms with Crippen LogP contribution in [0.5, 0.6) is 0 Å². The summed E-state index contributed by atoms with van der Waals surface area (Å²) in [5.74, 6) is -3.30. The third kappa shape index (κ3) is 6.82. The highest BCUT2D eigenvalue weighted by atomic mass is 79.9. The van der Waals surface area contributed by atoms with Crippen LogP contribution in [0.2, 0.25) is 0 Å². The molecule has 0 radical (unpaired) electrons. The average molecular weight is 703 g/mol. The first-order valence-corrected chi connectivity index (χ1v) is 17.3. The van der Waals surface area contributed by atoms with Crippen LogP contribution in [0.15, 0.2) is 55.6 Å². The molecule has 0 aliphatic carbocycles. The molecule has 4 rings (SSSR count). The standard InChI is InChI=1S/C35H48BrN3O7/c1-6-10-17-27(41)45-21-26(23-15-12-11-13-16-23)37-32(42)28-29-33(43)39(24(9-4)20-40)31(35(29)19-25(36)30(28)46-35)34(44)38(18-8-3)22(5)14-7-2/h6,8,11-13,15-16,22,24-26,28-31,40H,1,3,7,9-10,14,17-21H2,2,4-5H3,(H,37,42)/t22?,24-,25?,26-,28+,29-,30+,31+,35-/m0/s1. The number of hydrogen-bond acceptors (Lipinski definition) is 7. The zero-order chi connectivity index (χ0) is 33.6. The molecule has 3 heterocycles. The molecule has 2 bridgehead atoms. The Balaban J connectivity index is 1.70. The first-order chi connectivity index (χ1) is 22.1. The number of esters is 1. The first-order valence-electron chi connectivity index (χ1n) is 16.4. The summed E-state index contributed by atoms with van der Waals surface area (Å²) in [4.78, 5) is 58.7. The minimum absolute atomic E-state index is 0.0903. The molecule has 3 aliphatic heterocycles. The molecule has 2 unspecified atom stereocenters. The summed E-state index contributed by atoms with van der Waals surface area (Å²) in [7, 11) is 0. The second-order valence-corrected chi connectivity index (χ2v) is 13.7. The molecule has 3 amide bonds. The number of hydrogen-bond donors (Lipinski definition) is 2.